The molecule has 2 bridgehead atoms. The number of benzene rings is 1. The van der Waals surface area contributed by atoms with Crippen molar-refractivity contribution in [3.8, 4) is 11.8 Å². The summed E-state index contributed by atoms with van der Waals surface area (Å²) >= 11 is 0. The summed E-state index contributed by atoms with van der Waals surface area (Å²) in [5.74, 6) is 0.718. The molecule has 0 spiro atoms. The van der Waals surface area contributed by atoms with Crippen molar-refractivity contribution in [1.29, 1.82) is 0 Å². The number of aromatic nitrogens is 4. The van der Waals surface area contributed by atoms with Crippen LogP contribution in [0.1, 0.15) is 44.1 Å². The lowest BCUT2D eigenvalue weighted by Gasteiger charge is -2.34. The predicted octanol–water partition coefficient (Wildman–Crippen LogP) is 3.17. The third-order valence-corrected chi connectivity index (χ3v) is 7.37. The van der Waals surface area contributed by atoms with Crippen molar-refractivity contribution in [3.05, 3.63) is 46.6 Å². The number of morpholine rings is 1. The van der Waals surface area contributed by atoms with Crippen LogP contribution in [0, 0.1) is 6.92 Å². The van der Waals surface area contributed by atoms with Crippen molar-refractivity contribution >= 4 is 16.7 Å². The molecule has 2 aliphatic heterocycles. The zero-order valence-electron chi connectivity index (χ0n) is 20.2. The molecule has 35 heavy (non-hydrogen) atoms. The molecular weight excluding hydrogens is 446 g/mol. The van der Waals surface area contributed by atoms with Gasteiger partial charge in [0.15, 0.2) is 0 Å². The van der Waals surface area contributed by atoms with Gasteiger partial charge < -0.3 is 23.7 Å². The first kappa shape index (κ1) is 22.3. The molecule has 0 amide bonds. The summed E-state index contributed by atoms with van der Waals surface area (Å²) in [5.41, 5.74) is 3.45. The molecule has 6 rings (SSSR count). The molecule has 3 aromatic rings. The van der Waals surface area contributed by atoms with Gasteiger partial charge in [0.2, 0.25) is 0 Å². The van der Waals surface area contributed by atoms with E-state index >= 15 is 0 Å². The zero-order valence-corrected chi connectivity index (χ0v) is 20.2. The van der Waals surface area contributed by atoms with E-state index in [2.05, 4.69) is 32.0 Å². The Morgan fingerprint density at radius 3 is 2.23 bits per heavy atom. The van der Waals surface area contributed by atoms with Crippen molar-refractivity contribution in [2.45, 2.75) is 69.9 Å². The quantitative estimate of drug-likeness (QED) is 0.553. The van der Waals surface area contributed by atoms with Crippen molar-refractivity contribution in [2.24, 2.45) is 7.05 Å². The van der Waals surface area contributed by atoms with Crippen molar-refractivity contribution in [2.75, 3.05) is 18.0 Å². The minimum absolute atomic E-state index is 0.0448. The SMILES string of the molecule is Cc1cnc(OC2CCC(Oc3cc(N4CC5CCC(C4)O5)cc4ncc(=O)n(C)c34)CC2)nc1. The van der Waals surface area contributed by atoms with Gasteiger partial charge in [-0.15, -0.1) is 0 Å². The van der Waals surface area contributed by atoms with Crippen LogP contribution in [0.2, 0.25) is 0 Å². The summed E-state index contributed by atoms with van der Waals surface area (Å²) in [4.78, 5) is 27.7. The molecule has 3 aliphatic rings. The molecule has 1 aliphatic carbocycles. The Balaban J connectivity index is 1.21. The molecule has 3 fully saturated rings. The molecule has 0 N–H and O–H groups in total. The van der Waals surface area contributed by atoms with Crippen LogP contribution in [0.5, 0.6) is 11.8 Å². The Bertz CT molecular complexity index is 1260. The minimum atomic E-state index is -0.144. The highest BCUT2D eigenvalue weighted by Gasteiger charge is 2.34. The maximum atomic E-state index is 12.4. The van der Waals surface area contributed by atoms with Gasteiger partial charge in [-0.1, -0.05) is 0 Å². The average molecular weight is 478 g/mol. The van der Waals surface area contributed by atoms with Crippen LogP contribution >= 0.6 is 0 Å². The number of ether oxygens (including phenoxy) is 3. The number of anilines is 1. The second kappa shape index (κ2) is 9.11. The van der Waals surface area contributed by atoms with Gasteiger partial charge in [0, 0.05) is 44.3 Å². The van der Waals surface area contributed by atoms with E-state index in [1.54, 1.807) is 24.0 Å². The monoisotopic (exact) mass is 477 g/mol. The summed E-state index contributed by atoms with van der Waals surface area (Å²) in [6.07, 6.45) is 11.3. The molecule has 184 valence electrons. The summed E-state index contributed by atoms with van der Waals surface area (Å²) in [6, 6.07) is 4.58. The number of aryl methyl sites for hydroxylation is 2. The number of hydrogen-bond donors (Lipinski definition) is 0. The third-order valence-electron chi connectivity index (χ3n) is 7.37. The standard InChI is InChI=1S/C26H31N5O4/c1-16-11-28-26(29-12-16)35-19-5-3-18(4-6-19)34-23-10-17(31-14-20-7-8-21(15-31)33-20)9-22-25(23)30(2)24(32)13-27-22/h9-13,18-21H,3-8,14-15H2,1-2H3. The highest BCUT2D eigenvalue weighted by molar-refractivity contribution is 5.86. The number of rotatable bonds is 5. The Kier molecular flexibility index (Phi) is 5.80. The first-order chi connectivity index (χ1) is 17.0. The highest BCUT2D eigenvalue weighted by atomic mass is 16.5. The van der Waals surface area contributed by atoms with Gasteiger partial charge in [-0.25, -0.2) is 15.0 Å². The number of nitrogens with zero attached hydrogens (tertiary/aromatic N) is 5. The van der Waals surface area contributed by atoms with Gasteiger partial charge in [0.1, 0.15) is 17.4 Å². The fourth-order valence-electron chi connectivity index (χ4n) is 5.47. The molecule has 4 heterocycles. The lowest BCUT2D eigenvalue weighted by atomic mass is 9.95. The number of fused-ring (bicyclic) bond motifs is 3. The van der Waals surface area contributed by atoms with Gasteiger partial charge in [0.05, 0.1) is 30.0 Å². The first-order valence-electron chi connectivity index (χ1n) is 12.5. The van der Waals surface area contributed by atoms with E-state index < -0.39 is 0 Å². The predicted molar refractivity (Wildman–Crippen MR) is 131 cm³/mol. The normalized spacial score (nSPS) is 26.2. The lowest BCUT2D eigenvalue weighted by molar-refractivity contribution is 0.0304. The molecule has 2 aromatic heterocycles. The van der Waals surface area contributed by atoms with Crippen LogP contribution in [0.15, 0.2) is 35.5 Å². The summed E-state index contributed by atoms with van der Waals surface area (Å²) in [6.45, 7) is 3.70. The summed E-state index contributed by atoms with van der Waals surface area (Å²) in [7, 11) is 1.78. The van der Waals surface area contributed by atoms with Crippen LogP contribution in [0.4, 0.5) is 5.69 Å². The van der Waals surface area contributed by atoms with E-state index in [-0.39, 0.29) is 30.0 Å². The molecule has 2 unspecified atom stereocenters. The van der Waals surface area contributed by atoms with E-state index in [1.165, 1.54) is 6.20 Å². The van der Waals surface area contributed by atoms with Crippen molar-refractivity contribution in [1.82, 2.24) is 19.5 Å². The fraction of sp³-hybridized carbons (Fsp3) is 0.538. The van der Waals surface area contributed by atoms with Gasteiger partial charge in [-0.3, -0.25) is 4.79 Å². The van der Waals surface area contributed by atoms with Gasteiger partial charge >= 0.3 is 6.01 Å². The second-order valence-electron chi connectivity index (χ2n) is 10.0. The van der Waals surface area contributed by atoms with Gasteiger partial charge in [-0.05, 0) is 57.1 Å². The van der Waals surface area contributed by atoms with Crippen molar-refractivity contribution < 1.29 is 14.2 Å². The van der Waals surface area contributed by atoms with Crippen LogP contribution in [0.25, 0.3) is 11.0 Å². The zero-order chi connectivity index (χ0) is 23.9. The lowest BCUT2D eigenvalue weighted by Crippen LogP contribution is -2.42. The largest absolute Gasteiger partial charge is 0.488 e. The fourth-order valence-corrected chi connectivity index (χ4v) is 5.47. The first-order valence-corrected chi connectivity index (χ1v) is 12.5. The van der Waals surface area contributed by atoms with E-state index in [0.717, 1.165) is 79.6 Å². The summed E-state index contributed by atoms with van der Waals surface area (Å²) in [5, 5.41) is 0. The molecule has 2 atom stereocenters. The molecule has 1 saturated carbocycles. The van der Waals surface area contributed by atoms with Gasteiger partial charge in [-0.2, -0.15) is 0 Å². The Labute approximate surface area is 204 Å². The van der Waals surface area contributed by atoms with E-state index in [9.17, 15) is 4.79 Å². The van der Waals surface area contributed by atoms with Crippen LogP contribution in [0.3, 0.4) is 0 Å². The molecule has 9 heteroatoms. The van der Waals surface area contributed by atoms with Crippen molar-refractivity contribution in [3.63, 3.8) is 0 Å². The van der Waals surface area contributed by atoms with Crippen LogP contribution in [-0.4, -0.2) is 57.0 Å². The molecule has 9 nitrogen and oxygen atoms in total. The van der Waals surface area contributed by atoms with E-state index in [4.69, 9.17) is 14.2 Å². The maximum Gasteiger partial charge on any atom is 0.316 e. The Morgan fingerprint density at radius 1 is 0.886 bits per heavy atom. The smallest absolute Gasteiger partial charge is 0.316 e. The summed E-state index contributed by atoms with van der Waals surface area (Å²) < 4.78 is 20.2. The van der Waals surface area contributed by atoms with Crippen LogP contribution in [-0.2, 0) is 11.8 Å². The average Bonchev–Trinajstić information content (AvgIpc) is 3.21. The Hall–Kier alpha value is -3.20. The second-order valence-corrected chi connectivity index (χ2v) is 10.0. The molecule has 0 radical (unpaired) electrons. The molecule has 1 aromatic carbocycles. The topological polar surface area (TPSA) is 91.6 Å². The Morgan fingerprint density at radius 2 is 1.54 bits per heavy atom. The van der Waals surface area contributed by atoms with E-state index in [1.807, 2.05) is 6.92 Å². The van der Waals surface area contributed by atoms with E-state index in [0.29, 0.717) is 6.01 Å². The highest BCUT2D eigenvalue weighted by Crippen LogP contribution is 2.36. The third kappa shape index (κ3) is 4.57. The molecular formula is C26H31N5O4. The van der Waals surface area contributed by atoms with Gasteiger partial charge in [0.25, 0.3) is 5.56 Å². The molecule has 2 saturated heterocycles. The maximum absolute atomic E-state index is 12.4. The van der Waals surface area contributed by atoms with Crippen LogP contribution < -0.4 is 19.9 Å². The number of hydrogen-bond acceptors (Lipinski definition) is 8. The minimum Gasteiger partial charge on any atom is -0.488 e.